The second-order valence-corrected chi connectivity index (χ2v) is 4.92. The van der Waals surface area contributed by atoms with E-state index in [9.17, 15) is 14.9 Å². The second kappa shape index (κ2) is 4.89. The maximum Gasteiger partial charge on any atom is 0.300 e. The van der Waals surface area contributed by atoms with Gasteiger partial charge in [-0.3, -0.25) is 14.9 Å². The minimum absolute atomic E-state index is 0.0421. The van der Waals surface area contributed by atoms with E-state index in [0.717, 1.165) is 19.0 Å². The van der Waals surface area contributed by atoms with E-state index in [-0.39, 0.29) is 22.4 Å². The van der Waals surface area contributed by atoms with Crippen LogP contribution in [0.2, 0.25) is 5.15 Å². The number of rotatable bonds is 3. The standard InChI is InChI=1S/C11H12ClN3O3/c1-6-2-7(3-6)14-11(16)8-4-10(12)13-5-9(8)15(17)18/h4-7H,2-3H2,1H3,(H,14,16). The molecule has 1 aliphatic rings. The van der Waals surface area contributed by atoms with Crippen molar-refractivity contribution in [2.24, 2.45) is 5.92 Å². The summed E-state index contributed by atoms with van der Waals surface area (Å²) >= 11 is 5.66. The number of aromatic nitrogens is 1. The van der Waals surface area contributed by atoms with Gasteiger partial charge in [-0.25, -0.2) is 4.98 Å². The van der Waals surface area contributed by atoms with Crippen molar-refractivity contribution < 1.29 is 9.72 Å². The molecule has 18 heavy (non-hydrogen) atoms. The number of nitrogens with one attached hydrogen (secondary N) is 1. The van der Waals surface area contributed by atoms with Crippen LogP contribution in [-0.2, 0) is 0 Å². The zero-order valence-corrected chi connectivity index (χ0v) is 10.5. The van der Waals surface area contributed by atoms with E-state index in [1.165, 1.54) is 6.07 Å². The number of halogens is 1. The molecule has 0 aliphatic heterocycles. The molecule has 1 aromatic heterocycles. The van der Waals surface area contributed by atoms with Crippen LogP contribution >= 0.6 is 11.6 Å². The smallest absolute Gasteiger partial charge is 0.300 e. The van der Waals surface area contributed by atoms with Gasteiger partial charge in [0.25, 0.3) is 11.6 Å². The summed E-state index contributed by atoms with van der Waals surface area (Å²) in [5.74, 6) is 0.120. The summed E-state index contributed by atoms with van der Waals surface area (Å²) in [6.45, 7) is 2.09. The lowest BCUT2D eigenvalue weighted by Crippen LogP contribution is -2.43. The molecule has 96 valence electrons. The largest absolute Gasteiger partial charge is 0.349 e. The van der Waals surface area contributed by atoms with Gasteiger partial charge in [0.05, 0.1) is 4.92 Å². The quantitative estimate of drug-likeness (QED) is 0.518. The number of amides is 1. The van der Waals surface area contributed by atoms with Crippen LogP contribution in [0.1, 0.15) is 30.1 Å². The van der Waals surface area contributed by atoms with Gasteiger partial charge in [0.15, 0.2) is 0 Å². The fourth-order valence-corrected chi connectivity index (χ4v) is 2.19. The average Bonchev–Trinajstić information content (AvgIpc) is 2.26. The topological polar surface area (TPSA) is 85.1 Å². The SMILES string of the molecule is CC1CC(NC(=O)c2cc(Cl)ncc2[N+](=O)[O-])C1. The molecule has 0 aromatic carbocycles. The fraction of sp³-hybridized carbons (Fsp3) is 0.455. The summed E-state index contributed by atoms with van der Waals surface area (Å²) in [6, 6.07) is 1.32. The summed E-state index contributed by atoms with van der Waals surface area (Å²) in [5.41, 5.74) is -0.371. The van der Waals surface area contributed by atoms with Gasteiger partial charge in [-0.1, -0.05) is 18.5 Å². The molecule has 0 unspecified atom stereocenters. The van der Waals surface area contributed by atoms with Gasteiger partial charge >= 0.3 is 0 Å². The first kappa shape index (κ1) is 12.8. The lowest BCUT2D eigenvalue weighted by atomic mass is 9.82. The van der Waals surface area contributed by atoms with Crippen LogP contribution in [0.25, 0.3) is 0 Å². The number of carbonyl (C=O) groups excluding carboxylic acids is 1. The molecule has 1 heterocycles. The minimum atomic E-state index is -0.637. The highest BCUT2D eigenvalue weighted by Gasteiger charge is 2.29. The normalized spacial score (nSPS) is 22.1. The van der Waals surface area contributed by atoms with Gasteiger partial charge in [-0.15, -0.1) is 0 Å². The molecule has 1 saturated carbocycles. The molecular formula is C11H12ClN3O3. The molecule has 0 spiro atoms. The highest BCUT2D eigenvalue weighted by atomic mass is 35.5. The van der Waals surface area contributed by atoms with E-state index in [1.54, 1.807) is 0 Å². The molecule has 0 saturated heterocycles. The van der Waals surface area contributed by atoms with Crippen molar-refractivity contribution in [2.75, 3.05) is 0 Å². The summed E-state index contributed by atoms with van der Waals surface area (Å²) in [7, 11) is 0. The van der Waals surface area contributed by atoms with Crippen molar-refractivity contribution in [3.8, 4) is 0 Å². The van der Waals surface area contributed by atoms with Crippen molar-refractivity contribution in [3.63, 3.8) is 0 Å². The Morgan fingerprint density at radius 3 is 2.83 bits per heavy atom. The van der Waals surface area contributed by atoms with Gasteiger partial charge < -0.3 is 5.32 Å². The van der Waals surface area contributed by atoms with E-state index < -0.39 is 10.8 Å². The van der Waals surface area contributed by atoms with E-state index in [4.69, 9.17) is 11.6 Å². The fourth-order valence-electron chi connectivity index (χ4n) is 2.03. The Morgan fingerprint density at radius 1 is 1.61 bits per heavy atom. The summed E-state index contributed by atoms with van der Waals surface area (Å²) in [6.07, 6.45) is 2.80. The molecule has 0 bridgehead atoms. The number of nitrogens with zero attached hydrogens (tertiary/aromatic N) is 2. The van der Waals surface area contributed by atoms with E-state index >= 15 is 0 Å². The second-order valence-electron chi connectivity index (χ2n) is 4.53. The molecule has 1 fully saturated rings. The van der Waals surface area contributed by atoms with Crippen LogP contribution in [0.5, 0.6) is 0 Å². The van der Waals surface area contributed by atoms with Crippen molar-refractivity contribution >= 4 is 23.2 Å². The zero-order valence-electron chi connectivity index (χ0n) is 9.72. The maximum atomic E-state index is 11.9. The van der Waals surface area contributed by atoms with Crippen LogP contribution in [0.4, 0.5) is 5.69 Å². The monoisotopic (exact) mass is 269 g/mol. The predicted molar refractivity (Wildman–Crippen MR) is 65.6 cm³/mol. The van der Waals surface area contributed by atoms with Gasteiger partial charge in [-0.2, -0.15) is 0 Å². The Bertz CT molecular complexity index is 500. The molecule has 7 heteroatoms. The van der Waals surface area contributed by atoms with E-state index in [0.29, 0.717) is 5.92 Å². The van der Waals surface area contributed by atoms with Crippen LogP contribution in [0.15, 0.2) is 12.3 Å². The average molecular weight is 270 g/mol. The summed E-state index contributed by atoms with van der Waals surface area (Å²) in [4.78, 5) is 25.7. The Balaban J connectivity index is 2.18. The molecule has 1 aromatic rings. The predicted octanol–water partition coefficient (Wildman–Crippen LogP) is 2.17. The van der Waals surface area contributed by atoms with Gasteiger partial charge in [0.2, 0.25) is 0 Å². The molecular weight excluding hydrogens is 258 g/mol. The van der Waals surface area contributed by atoms with Gasteiger partial charge in [0, 0.05) is 6.04 Å². The number of pyridine rings is 1. The Kier molecular flexibility index (Phi) is 3.47. The zero-order chi connectivity index (χ0) is 13.3. The first-order valence-electron chi connectivity index (χ1n) is 5.58. The first-order valence-corrected chi connectivity index (χ1v) is 5.96. The van der Waals surface area contributed by atoms with Crippen LogP contribution in [0, 0.1) is 16.0 Å². The van der Waals surface area contributed by atoms with E-state index in [1.807, 2.05) is 0 Å². The van der Waals surface area contributed by atoms with Crippen molar-refractivity contribution in [2.45, 2.75) is 25.8 Å². The molecule has 0 radical (unpaired) electrons. The molecule has 1 amide bonds. The van der Waals surface area contributed by atoms with Crippen LogP contribution in [0.3, 0.4) is 0 Å². The summed E-state index contributed by atoms with van der Waals surface area (Å²) < 4.78 is 0. The highest BCUT2D eigenvalue weighted by Crippen LogP contribution is 2.27. The van der Waals surface area contributed by atoms with Gasteiger partial charge in [-0.05, 0) is 24.8 Å². The minimum Gasteiger partial charge on any atom is -0.349 e. The van der Waals surface area contributed by atoms with Gasteiger partial charge in [0.1, 0.15) is 16.9 Å². The Morgan fingerprint density at radius 2 is 2.28 bits per heavy atom. The summed E-state index contributed by atoms with van der Waals surface area (Å²) in [5, 5.41) is 13.6. The first-order chi connectivity index (χ1) is 8.47. The third-order valence-corrected chi connectivity index (χ3v) is 3.21. The molecule has 1 aliphatic carbocycles. The number of hydrogen-bond donors (Lipinski definition) is 1. The Labute approximate surface area is 109 Å². The third-order valence-electron chi connectivity index (χ3n) is 3.00. The third kappa shape index (κ3) is 2.59. The molecule has 6 nitrogen and oxygen atoms in total. The van der Waals surface area contributed by atoms with Crippen molar-refractivity contribution in [3.05, 3.63) is 33.1 Å². The van der Waals surface area contributed by atoms with Crippen molar-refractivity contribution in [1.29, 1.82) is 0 Å². The van der Waals surface area contributed by atoms with Crippen LogP contribution in [-0.4, -0.2) is 21.9 Å². The molecule has 0 atom stereocenters. The lowest BCUT2D eigenvalue weighted by molar-refractivity contribution is -0.385. The molecule has 2 rings (SSSR count). The Hall–Kier alpha value is -1.69. The number of hydrogen-bond acceptors (Lipinski definition) is 4. The van der Waals surface area contributed by atoms with E-state index in [2.05, 4.69) is 17.2 Å². The highest BCUT2D eigenvalue weighted by molar-refractivity contribution is 6.29. The van der Waals surface area contributed by atoms with Crippen LogP contribution < -0.4 is 5.32 Å². The lowest BCUT2D eigenvalue weighted by Gasteiger charge is -2.33. The number of nitro groups is 1. The maximum absolute atomic E-state index is 11.9. The molecule has 1 N–H and O–H groups in total. The van der Waals surface area contributed by atoms with Crippen molar-refractivity contribution in [1.82, 2.24) is 10.3 Å². The number of carbonyl (C=O) groups is 1.